The van der Waals surface area contributed by atoms with E-state index in [-0.39, 0.29) is 24.4 Å². The lowest BCUT2D eigenvalue weighted by Crippen LogP contribution is -2.46. The minimum absolute atomic E-state index is 0. The molecule has 1 unspecified atom stereocenters. The third-order valence-electron chi connectivity index (χ3n) is 3.52. The van der Waals surface area contributed by atoms with Crippen LogP contribution in [-0.4, -0.2) is 24.7 Å². The average Bonchev–Trinajstić information content (AvgIpc) is 2.46. The average molecular weight is 315 g/mol. The summed E-state index contributed by atoms with van der Waals surface area (Å²) < 4.78 is 0. The van der Waals surface area contributed by atoms with Crippen molar-refractivity contribution in [1.29, 1.82) is 0 Å². The molecule has 20 heavy (non-hydrogen) atoms. The van der Waals surface area contributed by atoms with Crippen LogP contribution in [0.3, 0.4) is 0 Å². The third-order valence-corrected chi connectivity index (χ3v) is 4.34. The molecule has 2 N–H and O–H groups in total. The van der Waals surface area contributed by atoms with E-state index in [1.807, 2.05) is 0 Å². The molecule has 0 bridgehead atoms. The zero-order chi connectivity index (χ0) is 13.7. The highest BCUT2D eigenvalue weighted by atomic mass is 35.5. The van der Waals surface area contributed by atoms with Crippen LogP contribution in [0.4, 0.5) is 0 Å². The molecule has 1 fully saturated rings. The fourth-order valence-electron chi connectivity index (χ4n) is 2.38. The number of halogens is 1. The summed E-state index contributed by atoms with van der Waals surface area (Å²) in [6.07, 6.45) is 5.35. The fourth-order valence-corrected chi connectivity index (χ4v) is 3.09. The number of aryl methyl sites for hydroxylation is 1. The molecule has 1 aliphatic heterocycles. The summed E-state index contributed by atoms with van der Waals surface area (Å²) >= 11 is 1.73. The molecular formula is C15H23ClN2OS. The van der Waals surface area contributed by atoms with Crippen LogP contribution in [-0.2, 0) is 11.3 Å². The van der Waals surface area contributed by atoms with Crippen molar-refractivity contribution in [3.8, 4) is 0 Å². The number of thioether (sulfide) groups is 1. The summed E-state index contributed by atoms with van der Waals surface area (Å²) in [5.74, 6) is 0.132. The quantitative estimate of drug-likeness (QED) is 0.840. The summed E-state index contributed by atoms with van der Waals surface area (Å²) in [6, 6.07) is 6.37. The van der Waals surface area contributed by atoms with Gasteiger partial charge in [0.2, 0.25) is 5.91 Å². The van der Waals surface area contributed by atoms with Crippen LogP contribution >= 0.6 is 24.2 Å². The smallest absolute Gasteiger partial charge is 0.237 e. The van der Waals surface area contributed by atoms with Gasteiger partial charge < -0.3 is 10.6 Å². The number of hydrogen-bond acceptors (Lipinski definition) is 3. The first-order valence-corrected chi connectivity index (χ1v) is 8.08. The van der Waals surface area contributed by atoms with E-state index in [4.69, 9.17) is 0 Å². The van der Waals surface area contributed by atoms with Crippen molar-refractivity contribution in [2.45, 2.75) is 43.7 Å². The van der Waals surface area contributed by atoms with Gasteiger partial charge in [-0.1, -0.05) is 18.6 Å². The summed E-state index contributed by atoms with van der Waals surface area (Å²) in [6.45, 7) is 3.67. The molecule has 0 aromatic heterocycles. The number of hydrogen-bond donors (Lipinski definition) is 2. The van der Waals surface area contributed by atoms with Gasteiger partial charge in [0.25, 0.3) is 0 Å². The van der Waals surface area contributed by atoms with E-state index in [2.05, 4.69) is 42.0 Å². The van der Waals surface area contributed by atoms with Crippen LogP contribution in [0.25, 0.3) is 0 Å². The maximum absolute atomic E-state index is 12.1. The molecule has 1 aromatic rings. The van der Waals surface area contributed by atoms with Crippen molar-refractivity contribution in [2.75, 3.05) is 12.8 Å². The van der Waals surface area contributed by atoms with Crippen LogP contribution < -0.4 is 10.6 Å². The Morgan fingerprint density at radius 1 is 1.45 bits per heavy atom. The largest absolute Gasteiger partial charge is 0.351 e. The zero-order valence-electron chi connectivity index (χ0n) is 12.1. The molecule has 1 amide bonds. The second kappa shape index (κ2) is 8.55. The first kappa shape index (κ1) is 17.3. The predicted molar refractivity (Wildman–Crippen MR) is 87.7 cm³/mol. The molecule has 1 aromatic carbocycles. The van der Waals surface area contributed by atoms with Crippen molar-refractivity contribution < 1.29 is 4.79 Å². The molecule has 0 radical (unpaired) electrons. The molecule has 1 heterocycles. The lowest BCUT2D eigenvalue weighted by Gasteiger charge is -2.22. The van der Waals surface area contributed by atoms with E-state index in [1.54, 1.807) is 11.8 Å². The van der Waals surface area contributed by atoms with Crippen molar-refractivity contribution in [3.63, 3.8) is 0 Å². The number of carbonyl (C=O) groups is 1. The Hall–Kier alpha value is -0.710. The lowest BCUT2D eigenvalue weighted by molar-refractivity contribution is -0.123. The molecule has 0 aliphatic carbocycles. The highest BCUT2D eigenvalue weighted by Gasteiger charge is 2.20. The summed E-state index contributed by atoms with van der Waals surface area (Å²) in [5, 5.41) is 6.32. The van der Waals surface area contributed by atoms with E-state index < -0.39 is 0 Å². The van der Waals surface area contributed by atoms with Gasteiger partial charge >= 0.3 is 0 Å². The minimum Gasteiger partial charge on any atom is -0.351 e. The number of carbonyl (C=O) groups excluding carboxylic acids is 1. The number of piperidine rings is 1. The SMILES string of the molecule is CSc1cc(C)ccc1CNC(=O)C1CCCCN1.Cl. The van der Waals surface area contributed by atoms with Gasteiger partial charge in [0.1, 0.15) is 0 Å². The standard InChI is InChI=1S/C15H22N2OS.ClH/c1-11-6-7-12(14(9-11)19-2)10-17-15(18)13-5-3-4-8-16-13;/h6-7,9,13,16H,3-5,8,10H2,1-2H3,(H,17,18);1H. The van der Waals surface area contributed by atoms with Gasteiger partial charge in [-0.05, 0) is 49.8 Å². The molecule has 0 spiro atoms. The number of benzene rings is 1. The Morgan fingerprint density at radius 2 is 2.25 bits per heavy atom. The molecule has 5 heteroatoms. The monoisotopic (exact) mass is 314 g/mol. The van der Waals surface area contributed by atoms with Crippen LogP contribution in [0.5, 0.6) is 0 Å². The normalized spacial score (nSPS) is 18.2. The first-order valence-electron chi connectivity index (χ1n) is 6.85. The molecular weight excluding hydrogens is 292 g/mol. The summed E-state index contributed by atoms with van der Waals surface area (Å²) in [5.41, 5.74) is 2.45. The topological polar surface area (TPSA) is 41.1 Å². The molecule has 0 saturated carbocycles. The number of rotatable bonds is 4. The van der Waals surface area contributed by atoms with Gasteiger partial charge in [-0.3, -0.25) is 4.79 Å². The summed E-state index contributed by atoms with van der Waals surface area (Å²) in [7, 11) is 0. The highest BCUT2D eigenvalue weighted by Crippen LogP contribution is 2.21. The molecule has 1 aliphatic rings. The fraction of sp³-hybridized carbons (Fsp3) is 0.533. The van der Waals surface area contributed by atoms with E-state index in [0.717, 1.165) is 19.4 Å². The van der Waals surface area contributed by atoms with E-state index in [1.165, 1.54) is 22.4 Å². The van der Waals surface area contributed by atoms with Crippen molar-refractivity contribution >= 4 is 30.1 Å². The van der Waals surface area contributed by atoms with Gasteiger partial charge in [-0.25, -0.2) is 0 Å². The Bertz CT molecular complexity index is 447. The van der Waals surface area contributed by atoms with Crippen LogP contribution in [0.15, 0.2) is 23.1 Å². The van der Waals surface area contributed by atoms with Crippen molar-refractivity contribution in [2.24, 2.45) is 0 Å². The summed E-state index contributed by atoms with van der Waals surface area (Å²) in [4.78, 5) is 13.3. The number of nitrogens with one attached hydrogen (secondary N) is 2. The first-order chi connectivity index (χ1) is 9.20. The van der Waals surface area contributed by atoms with Gasteiger partial charge in [-0.2, -0.15) is 0 Å². The lowest BCUT2D eigenvalue weighted by atomic mass is 10.0. The second-order valence-corrected chi connectivity index (χ2v) is 5.88. The van der Waals surface area contributed by atoms with Crippen LogP contribution in [0.2, 0.25) is 0 Å². The van der Waals surface area contributed by atoms with Crippen molar-refractivity contribution in [3.05, 3.63) is 29.3 Å². The van der Waals surface area contributed by atoms with E-state index in [0.29, 0.717) is 6.54 Å². The molecule has 112 valence electrons. The van der Waals surface area contributed by atoms with Gasteiger partial charge in [0, 0.05) is 11.4 Å². The Balaban J connectivity index is 0.00000200. The maximum Gasteiger partial charge on any atom is 0.237 e. The van der Waals surface area contributed by atoms with E-state index in [9.17, 15) is 4.79 Å². The predicted octanol–water partition coefficient (Wildman–Crippen LogP) is 2.90. The molecule has 2 rings (SSSR count). The minimum atomic E-state index is -0.00284. The Labute approximate surface area is 131 Å². The Kier molecular flexibility index (Phi) is 7.41. The van der Waals surface area contributed by atoms with Gasteiger partial charge in [0.15, 0.2) is 0 Å². The second-order valence-electron chi connectivity index (χ2n) is 5.04. The molecule has 1 saturated heterocycles. The molecule has 3 nitrogen and oxygen atoms in total. The van der Waals surface area contributed by atoms with Gasteiger partial charge in [0.05, 0.1) is 6.04 Å². The van der Waals surface area contributed by atoms with E-state index >= 15 is 0 Å². The zero-order valence-corrected chi connectivity index (χ0v) is 13.7. The maximum atomic E-state index is 12.1. The molecule has 1 atom stereocenters. The van der Waals surface area contributed by atoms with Crippen LogP contribution in [0, 0.1) is 6.92 Å². The number of amides is 1. The van der Waals surface area contributed by atoms with Crippen LogP contribution in [0.1, 0.15) is 30.4 Å². The van der Waals surface area contributed by atoms with Gasteiger partial charge in [-0.15, -0.1) is 24.2 Å². The third kappa shape index (κ3) is 4.69. The Morgan fingerprint density at radius 3 is 2.90 bits per heavy atom. The van der Waals surface area contributed by atoms with Crippen molar-refractivity contribution in [1.82, 2.24) is 10.6 Å². The highest BCUT2D eigenvalue weighted by molar-refractivity contribution is 7.98.